The molecular weight excluding hydrogens is 542 g/mol. The molecule has 5 N–H and O–H groups in total. The molecule has 1 aromatic carbocycles. The summed E-state index contributed by atoms with van der Waals surface area (Å²) < 4.78 is 10.3. The molecule has 3 rings (SSSR count). The van der Waals surface area contributed by atoms with E-state index in [-0.39, 0.29) is 56.3 Å². The summed E-state index contributed by atoms with van der Waals surface area (Å²) in [4.78, 5) is 66.7. The minimum atomic E-state index is -0.924. The van der Waals surface area contributed by atoms with Gasteiger partial charge in [-0.05, 0) is 44.9 Å². The van der Waals surface area contributed by atoms with Crippen molar-refractivity contribution in [1.29, 1.82) is 0 Å². The predicted octanol–water partition coefficient (Wildman–Crippen LogP) is 0.223. The second-order valence-electron chi connectivity index (χ2n) is 10.7. The summed E-state index contributed by atoms with van der Waals surface area (Å²) in [5, 5.41) is 25.7. The van der Waals surface area contributed by atoms with Crippen molar-refractivity contribution in [2.24, 2.45) is 10.7 Å². The van der Waals surface area contributed by atoms with Crippen LogP contribution in [0, 0.1) is 10.1 Å². The number of aliphatic hydroxyl groups is 1. The van der Waals surface area contributed by atoms with Gasteiger partial charge in [-0.3, -0.25) is 29.9 Å². The quantitative estimate of drug-likeness (QED) is 0.149. The molecule has 16 nitrogen and oxygen atoms in total. The van der Waals surface area contributed by atoms with Gasteiger partial charge >= 0.3 is 12.2 Å². The number of nitro groups is 1. The molecule has 2 fully saturated rings. The summed E-state index contributed by atoms with van der Waals surface area (Å²) in [6.07, 6.45) is -1.86. The lowest BCUT2D eigenvalue weighted by Gasteiger charge is -2.30. The van der Waals surface area contributed by atoms with E-state index in [0.29, 0.717) is 18.5 Å². The molecule has 0 aromatic heterocycles. The molecule has 2 aliphatic rings. The van der Waals surface area contributed by atoms with Gasteiger partial charge in [0.15, 0.2) is 5.96 Å². The topological polar surface area (TPSA) is 219 Å². The zero-order chi connectivity index (χ0) is 30.3. The zero-order valence-electron chi connectivity index (χ0n) is 23.1. The fraction of sp³-hybridized carbons (Fsp3) is 0.560. The van der Waals surface area contributed by atoms with Crippen LogP contribution in [0.5, 0.6) is 0 Å². The molecule has 224 valence electrons. The Morgan fingerprint density at radius 1 is 1.20 bits per heavy atom. The molecule has 2 aliphatic heterocycles. The Bertz CT molecular complexity index is 1180. The number of alkyl carbamates (subject to hydrolysis) is 1. The number of carbonyl (C=O) groups is 4. The fourth-order valence-corrected chi connectivity index (χ4v) is 4.33. The fourth-order valence-electron chi connectivity index (χ4n) is 4.33. The number of non-ortho nitro benzene ring substituents is 1. The number of β-amino-alcohol motifs (C(OH)–C–C–N with tert-alkyl or cyclic N) is 1. The molecule has 2 heterocycles. The monoisotopic (exact) mass is 577 g/mol. The molecular formula is C25H35N7O9. The van der Waals surface area contributed by atoms with Crippen LogP contribution in [0.2, 0.25) is 0 Å². The number of likely N-dealkylation sites (tertiary alicyclic amines) is 2. The largest absolute Gasteiger partial charge is 0.444 e. The maximum Gasteiger partial charge on any atom is 0.414 e. The molecule has 2 saturated heterocycles. The van der Waals surface area contributed by atoms with Crippen molar-refractivity contribution < 1.29 is 38.7 Å². The van der Waals surface area contributed by atoms with Gasteiger partial charge in [0.2, 0.25) is 11.8 Å². The first-order valence-corrected chi connectivity index (χ1v) is 12.9. The van der Waals surface area contributed by atoms with E-state index < -0.39 is 40.8 Å². The van der Waals surface area contributed by atoms with Gasteiger partial charge in [0.25, 0.3) is 5.69 Å². The summed E-state index contributed by atoms with van der Waals surface area (Å²) >= 11 is 0. The van der Waals surface area contributed by atoms with E-state index in [1.807, 2.05) is 0 Å². The second kappa shape index (κ2) is 13.3. The molecule has 0 spiro atoms. The number of nitrogens with two attached hydrogens (primary N) is 1. The number of guanidine groups is 1. The molecule has 4 amide bonds. The highest BCUT2D eigenvalue weighted by atomic mass is 16.6. The Morgan fingerprint density at radius 3 is 2.51 bits per heavy atom. The third kappa shape index (κ3) is 9.30. The van der Waals surface area contributed by atoms with Gasteiger partial charge in [-0.2, -0.15) is 0 Å². The van der Waals surface area contributed by atoms with Crippen LogP contribution in [0.3, 0.4) is 0 Å². The van der Waals surface area contributed by atoms with Crippen molar-refractivity contribution in [3.8, 4) is 0 Å². The number of nitrogens with zero attached hydrogens (tertiary/aromatic N) is 4. The maximum absolute atomic E-state index is 13.1. The number of nitro benzene ring substituents is 1. The van der Waals surface area contributed by atoms with Gasteiger partial charge < -0.3 is 30.5 Å². The van der Waals surface area contributed by atoms with Crippen molar-refractivity contribution in [1.82, 2.24) is 20.4 Å². The summed E-state index contributed by atoms with van der Waals surface area (Å²) in [6, 6.07) is 4.23. The molecule has 0 bridgehead atoms. The molecule has 0 unspecified atom stereocenters. The molecule has 41 heavy (non-hydrogen) atoms. The number of carbonyl (C=O) groups excluding carboxylic acids is 4. The van der Waals surface area contributed by atoms with Crippen LogP contribution in [0.15, 0.2) is 29.3 Å². The van der Waals surface area contributed by atoms with E-state index in [4.69, 9.17) is 15.2 Å². The van der Waals surface area contributed by atoms with Gasteiger partial charge in [-0.15, -0.1) is 0 Å². The summed E-state index contributed by atoms with van der Waals surface area (Å²) in [5.41, 5.74) is 5.31. The molecule has 0 saturated carbocycles. The molecule has 16 heteroatoms. The standard InChI is InChI=1S/C25H35N7O9/c1-25(2,3)41-24(37)31-13-18(33)10-19(31)21(35)30-9-8-16(12-30)28-20(34)11-27-22(26)29-23(36)40-14-15-4-6-17(7-5-15)32(38)39/h4-7,16,18-19,33H,8-14H2,1-3H3,(H,28,34)(H3,26,27,29,36)/t16-,18+,19-/m0/s1. The van der Waals surface area contributed by atoms with Gasteiger partial charge in [-0.1, -0.05) is 0 Å². The van der Waals surface area contributed by atoms with Crippen molar-refractivity contribution >= 4 is 35.6 Å². The molecule has 1 aromatic rings. The number of amides is 4. The van der Waals surface area contributed by atoms with Crippen LogP contribution in [-0.2, 0) is 25.7 Å². The van der Waals surface area contributed by atoms with Crippen molar-refractivity contribution in [3.63, 3.8) is 0 Å². The Balaban J connectivity index is 1.41. The smallest absolute Gasteiger partial charge is 0.414 e. The van der Waals surface area contributed by atoms with Gasteiger partial charge in [0.05, 0.1) is 17.6 Å². The molecule has 0 radical (unpaired) electrons. The van der Waals surface area contributed by atoms with Gasteiger partial charge in [0, 0.05) is 37.7 Å². The van der Waals surface area contributed by atoms with Crippen LogP contribution < -0.4 is 16.4 Å². The van der Waals surface area contributed by atoms with Crippen LogP contribution >= 0.6 is 0 Å². The maximum atomic E-state index is 13.1. The third-order valence-electron chi connectivity index (χ3n) is 6.20. The highest BCUT2D eigenvalue weighted by molar-refractivity contribution is 5.94. The average Bonchev–Trinajstić information content (AvgIpc) is 3.51. The lowest BCUT2D eigenvalue weighted by molar-refractivity contribution is -0.384. The van der Waals surface area contributed by atoms with Crippen LogP contribution in [0.1, 0.15) is 39.2 Å². The Morgan fingerprint density at radius 2 is 1.88 bits per heavy atom. The molecule has 3 atom stereocenters. The number of hydrogen-bond acceptors (Lipinski definition) is 10. The Hall–Kier alpha value is -4.47. The van der Waals surface area contributed by atoms with E-state index >= 15 is 0 Å². The van der Waals surface area contributed by atoms with Gasteiger partial charge in [0.1, 0.15) is 24.8 Å². The van der Waals surface area contributed by atoms with Crippen molar-refractivity contribution in [3.05, 3.63) is 39.9 Å². The Labute approximate surface area is 236 Å². The number of benzene rings is 1. The highest BCUT2D eigenvalue weighted by Crippen LogP contribution is 2.24. The number of hydrogen-bond donors (Lipinski definition) is 4. The van der Waals surface area contributed by atoms with E-state index in [1.165, 1.54) is 34.1 Å². The highest BCUT2D eigenvalue weighted by Gasteiger charge is 2.43. The van der Waals surface area contributed by atoms with Crippen LogP contribution in [-0.4, -0.2) is 99.8 Å². The summed E-state index contributed by atoms with van der Waals surface area (Å²) in [7, 11) is 0. The molecule has 0 aliphatic carbocycles. The van der Waals surface area contributed by atoms with Gasteiger partial charge in [-0.25, -0.2) is 14.6 Å². The summed E-state index contributed by atoms with van der Waals surface area (Å²) in [5.74, 6) is -1.16. The first-order valence-electron chi connectivity index (χ1n) is 12.9. The lowest BCUT2D eigenvalue weighted by atomic mass is 10.1. The minimum absolute atomic E-state index is 0.00261. The zero-order valence-corrected chi connectivity index (χ0v) is 23.1. The van der Waals surface area contributed by atoms with Crippen molar-refractivity contribution in [2.75, 3.05) is 26.2 Å². The second-order valence-corrected chi connectivity index (χ2v) is 10.7. The number of aliphatic imine (C=N–C) groups is 1. The van der Waals surface area contributed by atoms with E-state index in [0.717, 1.165) is 0 Å². The first kappa shape index (κ1) is 31.1. The number of ether oxygens (including phenoxy) is 2. The number of rotatable bonds is 7. The van der Waals surface area contributed by atoms with Crippen molar-refractivity contribution in [2.45, 2.75) is 64.0 Å². The van der Waals surface area contributed by atoms with Crippen LogP contribution in [0.4, 0.5) is 15.3 Å². The third-order valence-corrected chi connectivity index (χ3v) is 6.20. The normalized spacial score (nSPS) is 20.9. The lowest BCUT2D eigenvalue weighted by Crippen LogP contribution is -2.49. The van der Waals surface area contributed by atoms with E-state index in [1.54, 1.807) is 20.8 Å². The minimum Gasteiger partial charge on any atom is -0.444 e. The number of aliphatic hydroxyl groups excluding tert-OH is 1. The summed E-state index contributed by atoms with van der Waals surface area (Å²) in [6.45, 7) is 5.16. The number of nitrogens with one attached hydrogen (secondary N) is 2. The Kier molecular flexibility index (Phi) is 10.0. The predicted molar refractivity (Wildman–Crippen MR) is 143 cm³/mol. The van der Waals surface area contributed by atoms with E-state index in [9.17, 15) is 34.4 Å². The average molecular weight is 578 g/mol. The van der Waals surface area contributed by atoms with Crippen LogP contribution in [0.25, 0.3) is 0 Å². The first-order chi connectivity index (χ1) is 19.2. The SMILES string of the molecule is CC(C)(C)OC(=O)N1C[C@H](O)C[C@H]1C(=O)N1CC[C@H](NC(=O)CN=C(N)NC(=O)OCc2ccc([N+](=O)[O-])cc2)C1. The van der Waals surface area contributed by atoms with E-state index in [2.05, 4.69) is 15.6 Å².